The largest absolute Gasteiger partial charge is 0.508 e. The van der Waals surface area contributed by atoms with Gasteiger partial charge in [0.2, 0.25) is 0 Å². The summed E-state index contributed by atoms with van der Waals surface area (Å²) >= 11 is 0. The molecule has 0 radical (unpaired) electrons. The number of carbonyl (C=O) groups excluding carboxylic acids is 1. The summed E-state index contributed by atoms with van der Waals surface area (Å²) in [5.41, 5.74) is 1.70. The number of phenolic OH excluding ortho intramolecular Hbond substituents is 4. The lowest BCUT2D eigenvalue weighted by molar-refractivity contribution is 0.0977. The predicted octanol–water partition coefficient (Wildman–Crippen LogP) is 4.59. The molecule has 0 saturated heterocycles. The van der Waals surface area contributed by atoms with Crippen molar-refractivity contribution in [3.63, 3.8) is 0 Å². The topological polar surface area (TPSA) is 107 Å². The molecule has 0 aliphatic rings. The van der Waals surface area contributed by atoms with E-state index in [-0.39, 0.29) is 35.5 Å². The molecule has 0 bridgehead atoms. The Labute approximate surface area is 180 Å². The molecule has 160 valence electrons. The number of ketones is 1. The van der Waals surface area contributed by atoms with Crippen LogP contribution in [0.2, 0.25) is 0 Å². The fraction of sp³-hybridized carbons (Fsp3) is 0.160. The first-order chi connectivity index (χ1) is 14.9. The number of methoxy groups -OCH3 is 1. The van der Waals surface area contributed by atoms with Crippen molar-refractivity contribution in [1.82, 2.24) is 0 Å². The predicted molar refractivity (Wildman–Crippen MR) is 118 cm³/mol. The minimum atomic E-state index is -0.457. The fourth-order valence-electron chi connectivity index (χ4n) is 3.23. The Bertz CT molecular complexity index is 1080. The second kappa shape index (κ2) is 9.71. The standard InChI is InChI=1S/C25H24O6/c1-31-19-12-7-17(8-13-19)9-14-21(27)24-23(29)15-22(28)20(25(24)30)4-2-3-16-5-10-18(26)11-6-16/h2-3,5-8,10-13,15,26,28-30H,4,9,14H2,1H3. The smallest absolute Gasteiger partial charge is 0.170 e. The van der Waals surface area contributed by atoms with E-state index < -0.39 is 17.3 Å². The zero-order valence-electron chi connectivity index (χ0n) is 17.1. The molecule has 3 aromatic carbocycles. The van der Waals surface area contributed by atoms with E-state index in [1.807, 2.05) is 12.1 Å². The molecule has 3 aromatic rings. The van der Waals surface area contributed by atoms with E-state index in [0.717, 1.165) is 17.2 Å². The first-order valence-corrected chi connectivity index (χ1v) is 9.77. The van der Waals surface area contributed by atoms with Crippen LogP contribution in [0.4, 0.5) is 0 Å². The Balaban J connectivity index is 1.75. The van der Waals surface area contributed by atoms with E-state index in [0.29, 0.717) is 12.2 Å². The Morgan fingerprint density at radius 2 is 1.61 bits per heavy atom. The zero-order chi connectivity index (χ0) is 22.4. The van der Waals surface area contributed by atoms with Gasteiger partial charge in [-0.15, -0.1) is 0 Å². The lowest BCUT2D eigenvalue weighted by Gasteiger charge is -2.12. The molecule has 0 aliphatic carbocycles. The van der Waals surface area contributed by atoms with Crippen LogP contribution in [0.25, 0.3) is 6.08 Å². The van der Waals surface area contributed by atoms with Gasteiger partial charge in [0.1, 0.15) is 34.3 Å². The number of rotatable bonds is 8. The van der Waals surface area contributed by atoms with Crippen LogP contribution in [0.5, 0.6) is 28.7 Å². The average molecular weight is 420 g/mol. The molecule has 0 unspecified atom stereocenters. The van der Waals surface area contributed by atoms with Crippen molar-refractivity contribution in [1.29, 1.82) is 0 Å². The van der Waals surface area contributed by atoms with E-state index in [1.165, 1.54) is 0 Å². The number of aryl methyl sites for hydroxylation is 1. The zero-order valence-corrected chi connectivity index (χ0v) is 17.1. The summed E-state index contributed by atoms with van der Waals surface area (Å²) in [7, 11) is 1.58. The highest BCUT2D eigenvalue weighted by Crippen LogP contribution is 2.38. The van der Waals surface area contributed by atoms with Crippen molar-refractivity contribution in [2.75, 3.05) is 7.11 Å². The fourth-order valence-corrected chi connectivity index (χ4v) is 3.23. The molecule has 0 aromatic heterocycles. The van der Waals surface area contributed by atoms with Crippen LogP contribution in [0, 0.1) is 0 Å². The van der Waals surface area contributed by atoms with Crippen LogP contribution in [0.15, 0.2) is 60.7 Å². The number of Topliss-reactive ketones (excluding diaryl/α,β-unsaturated/α-hetero) is 1. The van der Waals surface area contributed by atoms with Crippen LogP contribution >= 0.6 is 0 Å². The maximum Gasteiger partial charge on any atom is 0.170 e. The average Bonchev–Trinajstić information content (AvgIpc) is 2.76. The number of benzene rings is 3. The van der Waals surface area contributed by atoms with E-state index in [9.17, 15) is 25.2 Å². The van der Waals surface area contributed by atoms with E-state index >= 15 is 0 Å². The highest BCUT2D eigenvalue weighted by molar-refractivity contribution is 6.02. The first kappa shape index (κ1) is 21.8. The third kappa shape index (κ3) is 5.36. The maximum absolute atomic E-state index is 12.7. The summed E-state index contributed by atoms with van der Waals surface area (Å²) in [6, 6.07) is 14.9. The molecule has 0 fully saturated rings. The van der Waals surface area contributed by atoms with Gasteiger partial charge in [-0.05, 0) is 48.2 Å². The number of allylic oxidation sites excluding steroid dienone is 1. The van der Waals surface area contributed by atoms with Crippen molar-refractivity contribution < 1.29 is 30.0 Å². The molecule has 6 nitrogen and oxygen atoms in total. The molecular weight excluding hydrogens is 396 g/mol. The van der Waals surface area contributed by atoms with Gasteiger partial charge in [-0.2, -0.15) is 0 Å². The van der Waals surface area contributed by atoms with E-state index in [4.69, 9.17) is 4.74 Å². The van der Waals surface area contributed by atoms with Crippen molar-refractivity contribution in [2.45, 2.75) is 19.3 Å². The molecule has 0 amide bonds. The lowest BCUT2D eigenvalue weighted by atomic mass is 9.97. The number of carbonyl (C=O) groups is 1. The van der Waals surface area contributed by atoms with Crippen LogP contribution in [0.3, 0.4) is 0 Å². The molecule has 0 saturated carbocycles. The molecule has 0 atom stereocenters. The molecule has 3 rings (SSSR count). The van der Waals surface area contributed by atoms with Gasteiger partial charge in [-0.25, -0.2) is 0 Å². The summed E-state index contributed by atoms with van der Waals surface area (Å²) in [4.78, 5) is 12.7. The van der Waals surface area contributed by atoms with Gasteiger partial charge >= 0.3 is 0 Å². The Hall–Kier alpha value is -3.93. The number of aromatic hydroxyl groups is 4. The summed E-state index contributed by atoms with van der Waals surface area (Å²) in [5, 5.41) is 40.2. The van der Waals surface area contributed by atoms with Crippen molar-refractivity contribution in [2.24, 2.45) is 0 Å². The highest BCUT2D eigenvalue weighted by Gasteiger charge is 2.22. The molecular formula is C25H24O6. The number of ether oxygens (including phenoxy) is 1. The highest BCUT2D eigenvalue weighted by atomic mass is 16.5. The second-order valence-corrected chi connectivity index (χ2v) is 7.09. The van der Waals surface area contributed by atoms with Gasteiger partial charge < -0.3 is 25.2 Å². The third-order valence-corrected chi connectivity index (χ3v) is 4.97. The van der Waals surface area contributed by atoms with Crippen LogP contribution in [-0.4, -0.2) is 33.3 Å². The van der Waals surface area contributed by atoms with Gasteiger partial charge in [0.05, 0.1) is 7.11 Å². The minimum absolute atomic E-state index is 0.0843. The van der Waals surface area contributed by atoms with Crippen LogP contribution in [0.1, 0.15) is 33.5 Å². The molecule has 0 aliphatic heterocycles. The van der Waals surface area contributed by atoms with Crippen LogP contribution < -0.4 is 4.74 Å². The second-order valence-electron chi connectivity index (χ2n) is 7.09. The van der Waals surface area contributed by atoms with Crippen molar-refractivity contribution >= 4 is 11.9 Å². The summed E-state index contributed by atoms with van der Waals surface area (Å²) in [6.45, 7) is 0. The van der Waals surface area contributed by atoms with Crippen molar-refractivity contribution in [3.05, 3.63) is 82.9 Å². The van der Waals surface area contributed by atoms with E-state index in [2.05, 4.69) is 0 Å². The number of hydrogen-bond acceptors (Lipinski definition) is 6. The molecule has 31 heavy (non-hydrogen) atoms. The molecule has 0 heterocycles. The monoisotopic (exact) mass is 420 g/mol. The third-order valence-electron chi connectivity index (χ3n) is 4.97. The van der Waals surface area contributed by atoms with E-state index in [1.54, 1.807) is 55.7 Å². The summed E-state index contributed by atoms with van der Waals surface area (Å²) in [5.74, 6) is -0.724. The molecule has 6 heteroatoms. The minimum Gasteiger partial charge on any atom is -0.508 e. The number of phenols is 4. The summed E-state index contributed by atoms with van der Waals surface area (Å²) < 4.78 is 5.11. The van der Waals surface area contributed by atoms with Gasteiger partial charge in [-0.3, -0.25) is 4.79 Å². The Morgan fingerprint density at radius 1 is 0.935 bits per heavy atom. The SMILES string of the molecule is COc1ccc(CCC(=O)c2c(O)cc(O)c(CC=Cc3ccc(O)cc3)c2O)cc1. The van der Waals surface area contributed by atoms with Crippen LogP contribution in [-0.2, 0) is 12.8 Å². The maximum atomic E-state index is 12.7. The Morgan fingerprint density at radius 3 is 2.26 bits per heavy atom. The van der Waals surface area contributed by atoms with Gasteiger partial charge in [-0.1, -0.05) is 36.4 Å². The summed E-state index contributed by atoms with van der Waals surface area (Å²) in [6.07, 6.45) is 4.14. The Kier molecular flexibility index (Phi) is 6.82. The van der Waals surface area contributed by atoms with Gasteiger partial charge in [0, 0.05) is 18.1 Å². The first-order valence-electron chi connectivity index (χ1n) is 9.77. The normalized spacial score (nSPS) is 11.0. The lowest BCUT2D eigenvalue weighted by Crippen LogP contribution is -2.04. The van der Waals surface area contributed by atoms with Gasteiger partial charge in [0.25, 0.3) is 0 Å². The molecule has 0 spiro atoms. The molecule has 4 N–H and O–H groups in total. The van der Waals surface area contributed by atoms with Crippen molar-refractivity contribution in [3.8, 4) is 28.7 Å². The van der Waals surface area contributed by atoms with Gasteiger partial charge in [0.15, 0.2) is 5.78 Å². The number of hydrogen-bond donors (Lipinski definition) is 4. The quantitative estimate of drug-likeness (QED) is 0.397.